The molecule has 1 aliphatic heterocycles. The van der Waals surface area contributed by atoms with Gasteiger partial charge in [-0.3, -0.25) is 9.36 Å². The number of aliphatic hydroxyl groups is 3. The van der Waals surface area contributed by atoms with Crippen molar-refractivity contribution in [3.05, 3.63) is 47.1 Å². The molecule has 27 heavy (non-hydrogen) atoms. The molecule has 1 aliphatic rings. The number of fused-ring (bicyclic) bond motifs is 1. The van der Waals surface area contributed by atoms with E-state index in [0.717, 1.165) is 0 Å². The van der Waals surface area contributed by atoms with Crippen LogP contribution in [0, 0.1) is 0 Å². The van der Waals surface area contributed by atoms with Gasteiger partial charge in [-0.2, -0.15) is 5.10 Å². The summed E-state index contributed by atoms with van der Waals surface area (Å²) in [4.78, 5) is 17.1. The molecule has 4 atom stereocenters. The van der Waals surface area contributed by atoms with Gasteiger partial charge in [0.25, 0.3) is 5.56 Å². The fourth-order valence-electron chi connectivity index (χ4n) is 3.12. The molecule has 0 spiro atoms. The Morgan fingerprint density at radius 2 is 1.96 bits per heavy atom. The molecule has 3 aromatic rings. The normalized spacial score (nSPS) is 25.2. The predicted molar refractivity (Wildman–Crippen MR) is 92.7 cm³/mol. The lowest BCUT2D eigenvalue weighted by molar-refractivity contribution is -0.0566. The van der Waals surface area contributed by atoms with Gasteiger partial charge < -0.3 is 24.8 Å². The molecule has 3 heterocycles. The van der Waals surface area contributed by atoms with Gasteiger partial charge in [0.15, 0.2) is 11.9 Å². The summed E-state index contributed by atoms with van der Waals surface area (Å²) in [6.07, 6.45) is -1.89. The first kappa shape index (κ1) is 17.6. The van der Waals surface area contributed by atoms with Crippen LogP contribution < -0.4 is 10.3 Å². The summed E-state index contributed by atoms with van der Waals surface area (Å²) in [5, 5.41) is 33.6. The highest BCUT2D eigenvalue weighted by Crippen LogP contribution is 2.30. The van der Waals surface area contributed by atoms with Crippen molar-refractivity contribution in [1.82, 2.24) is 19.3 Å². The lowest BCUT2D eigenvalue weighted by Gasteiger charge is -2.15. The highest BCUT2D eigenvalue weighted by atomic mass is 16.6. The maximum absolute atomic E-state index is 12.8. The van der Waals surface area contributed by atoms with Crippen LogP contribution in [0.3, 0.4) is 0 Å². The van der Waals surface area contributed by atoms with Gasteiger partial charge >= 0.3 is 0 Å². The first-order chi connectivity index (χ1) is 13.0. The Morgan fingerprint density at radius 3 is 2.59 bits per heavy atom. The second kappa shape index (κ2) is 6.74. The van der Waals surface area contributed by atoms with Crippen molar-refractivity contribution in [2.45, 2.75) is 24.5 Å². The summed E-state index contributed by atoms with van der Waals surface area (Å²) in [6, 6.07) is 6.91. The molecule has 0 bridgehead atoms. The number of hydrogen-bond acceptors (Lipinski definition) is 8. The van der Waals surface area contributed by atoms with E-state index in [1.807, 2.05) is 0 Å². The van der Waals surface area contributed by atoms with E-state index < -0.39 is 31.1 Å². The SMILES string of the molecule is COc1ccc(-n2cnc3c(cnn3[C@H]3O[C@@H](CO)[C@@H](O)[C@H]3O)c2=O)cc1. The van der Waals surface area contributed by atoms with Crippen molar-refractivity contribution in [1.29, 1.82) is 0 Å². The predicted octanol–water partition coefficient (Wildman–Crippen LogP) is -0.798. The summed E-state index contributed by atoms with van der Waals surface area (Å²) in [5.41, 5.74) is 0.471. The molecule has 2 aromatic heterocycles. The Labute approximate surface area is 152 Å². The highest BCUT2D eigenvalue weighted by molar-refractivity contribution is 5.73. The summed E-state index contributed by atoms with van der Waals surface area (Å²) < 4.78 is 13.2. The quantitative estimate of drug-likeness (QED) is 0.541. The summed E-state index contributed by atoms with van der Waals surface area (Å²) in [5.74, 6) is 0.665. The Bertz CT molecular complexity index is 1010. The first-order valence-corrected chi connectivity index (χ1v) is 8.27. The first-order valence-electron chi connectivity index (χ1n) is 8.27. The van der Waals surface area contributed by atoms with Gasteiger partial charge in [0.1, 0.15) is 35.8 Å². The Kier molecular flexibility index (Phi) is 4.40. The van der Waals surface area contributed by atoms with Gasteiger partial charge in [0, 0.05) is 0 Å². The van der Waals surface area contributed by atoms with Crippen LogP contribution >= 0.6 is 0 Å². The van der Waals surface area contributed by atoms with Crippen molar-refractivity contribution in [3.63, 3.8) is 0 Å². The molecule has 1 aromatic carbocycles. The third-order valence-corrected chi connectivity index (χ3v) is 4.62. The number of benzene rings is 1. The Hall–Kier alpha value is -2.79. The van der Waals surface area contributed by atoms with E-state index >= 15 is 0 Å². The van der Waals surface area contributed by atoms with Gasteiger partial charge in [-0.15, -0.1) is 0 Å². The lowest BCUT2D eigenvalue weighted by Crippen LogP contribution is -2.33. The average molecular weight is 374 g/mol. The summed E-state index contributed by atoms with van der Waals surface area (Å²) in [6.45, 7) is -0.453. The number of nitrogens with zero attached hydrogens (tertiary/aromatic N) is 4. The maximum Gasteiger partial charge on any atom is 0.269 e. The number of methoxy groups -OCH3 is 1. The Morgan fingerprint density at radius 1 is 1.22 bits per heavy atom. The zero-order valence-corrected chi connectivity index (χ0v) is 14.3. The zero-order valence-electron chi connectivity index (χ0n) is 14.3. The molecule has 0 saturated carbocycles. The monoisotopic (exact) mass is 374 g/mol. The molecule has 0 unspecified atom stereocenters. The molecule has 4 rings (SSSR count). The molecular weight excluding hydrogens is 356 g/mol. The molecule has 10 nitrogen and oxygen atoms in total. The van der Waals surface area contributed by atoms with Crippen LogP contribution in [-0.2, 0) is 4.74 Å². The van der Waals surface area contributed by atoms with Crippen LogP contribution in [0.2, 0.25) is 0 Å². The summed E-state index contributed by atoms with van der Waals surface area (Å²) >= 11 is 0. The fourth-order valence-corrected chi connectivity index (χ4v) is 3.12. The average Bonchev–Trinajstić information content (AvgIpc) is 3.24. The third kappa shape index (κ3) is 2.79. The molecule has 1 fully saturated rings. The number of aliphatic hydroxyl groups excluding tert-OH is 3. The molecule has 142 valence electrons. The van der Waals surface area contributed by atoms with Crippen LogP contribution in [0.15, 0.2) is 41.6 Å². The van der Waals surface area contributed by atoms with E-state index in [0.29, 0.717) is 11.4 Å². The van der Waals surface area contributed by atoms with Crippen LogP contribution in [-0.4, -0.2) is 66.7 Å². The van der Waals surface area contributed by atoms with Crippen LogP contribution in [0.4, 0.5) is 0 Å². The second-order valence-electron chi connectivity index (χ2n) is 6.17. The van der Waals surface area contributed by atoms with E-state index in [2.05, 4.69) is 10.1 Å². The molecule has 1 saturated heterocycles. The highest BCUT2D eigenvalue weighted by Gasteiger charge is 2.44. The fraction of sp³-hybridized carbons (Fsp3) is 0.353. The second-order valence-corrected chi connectivity index (χ2v) is 6.17. The molecule has 0 amide bonds. The van der Waals surface area contributed by atoms with Crippen LogP contribution in [0.1, 0.15) is 6.23 Å². The maximum atomic E-state index is 12.8. The Balaban J connectivity index is 1.75. The van der Waals surface area contributed by atoms with Crippen molar-refractivity contribution in [3.8, 4) is 11.4 Å². The van der Waals surface area contributed by atoms with E-state index in [1.54, 1.807) is 31.4 Å². The van der Waals surface area contributed by atoms with Gasteiger partial charge in [-0.25, -0.2) is 9.67 Å². The van der Waals surface area contributed by atoms with E-state index in [9.17, 15) is 20.1 Å². The van der Waals surface area contributed by atoms with Crippen molar-refractivity contribution in [2.24, 2.45) is 0 Å². The van der Waals surface area contributed by atoms with Gasteiger partial charge in [-0.05, 0) is 24.3 Å². The van der Waals surface area contributed by atoms with Crippen molar-refractivity contribution < 1.29 is 24.8 Å². The number of rotatable bonds is 4. The van der Waals surface area contributed by atoms with E-state index in [1.165, 1.54) is 21.8 Å². The minimum Gasteiger partial charge on any atom is -0.497 e. The number of aromatic nitrogens is 4. The van der Waals surface area contributed by atoms with E-state index in [4.69, 9.17) is 9.47 Å². The van der Waals surface area contributed by atoms with Gasteiger partial charge in [0.05, 0.1) is 25.6 Å². The van der Waals surface area contributed by atoms with Crippen molar-refractivity contribution >= 4 is 11.0 Å². The zero-order chi connectivity index (χ0) is 19.1. The lowest BCUT2D eigenvalue weighted by atomic mass is 10.1. The van der Waals surface area contributed by atoms with Crippen LogP contribution in [0.5, 0.6) is 5.75 Å². The van der Waals surface area contributed by atoms with Crippen LogP contribution in [0.25, 0.3) is 16.7 Å². The van der Waals surface area contributed by atoms with Gasteiger partial charge in [-0.1, -0.05) is 0 Å². The molecule has 10 heteroatoms. The molecule has 0 aliphatic carbocycles. The standard InChI is InChI=1S/C17H18N4O6/c1-26-10-4-2-9(3-5-10)20-8-18-15-11(16(20)25)6-19-21(15)17-14(24)13(23)12(7-22)27-17/h2-6,8,12-14,17,22-24H,7H2,1H3/t12-,13+,14+,17-/m0/s1. The molecule has 0 radical (unpaired) electrons. The smallest absolute Gasteiger partial charge is 0.269 e. The number of ether oxygens (including phenoxy) is 2. The molecular formula is C17H18N4O6. The third-order valence-electron chi connectivity index (χ3n) is 4.62. The number of hydrogen-bond donors (Lipinski definition) is 3. The summed E-state index contributed by atoms with van der Waals surface area (Å²) in [7, 11) is 1.56. The van der Waals surface area contributed by atoms with Crippen molar-refractivity contribution in [2.75, 3.05) is 13.7 Å². The largest absolute Gasteiger partial charge is 0.497 e. The minimum absolute atomic E-state index is 0.208. The van der Waals surface area contributed by atoms with Gasteiger partial charge in [0.2, 0.25) is 0 Å². The topological polar surface area (TPSA) is 132 Å². The minimum atomic E-state index is -1.31. The van der Waals surface area contributed by atoms with E-state index in [-0.39, 0.29) is 16.6 Å². The molecule has 3 N–H and O–H groups in total.